The summed E-state index contributed by atoms with van der Waals surface area (Å²) < 4.78 is 5.40. The highest BCUT2D eigenvalue weighted by Crippen LogP contribution is 2.17. The third-order valence-corrected chi connectivity index (χ3v) is 3.71. The molecule has 2 rings (SSSR count). The van der Waals surface area contributed by atoms with Crippen LogP contribution < -0.4 is 5.32 Å². The van der Waals surface area contributed by atoms with E-state index in [1.54, 1.807) is 4.90 Å². The van der Waals surface area contributed by atoms with Crippen LogP contribution in [-0.2, 0) is 14.3 Å². The van der Waals surface area contributed by atoms with Crippen LogP contribution in [-0.4, -0.2) is 74.1 Å². The molecule has 0 aromatic carbocycles. The lowest BCUT2D eigenvalue weighted by Crippen LogP contribution is -2.51. The number of hydrogen-bond acceptors (Lipinski definition) is 4. The lowest BCUT2D eigenvalue weighted by Gasteiger charge is -2.28. The Morgan fingerprint density at radius 2 is 2.32 bits per heavy atom. The maximum atomic E-state index is 12.1. The Balaban J connectivity index is 1.76. The second-order valence-electron chi connectivity index (χ2n) is 5.15. The van der Waals surface area contributed by atoms with Gasteiger partial charge < -0.3 is 19.9 Å². The van der Waals surface area contributed by atoms with Crippen LogP contribution in [0.5, 0.6) is 0 Å². The Morgan fingerprint density at radius 3 is 3.05 bits per heavy atom. The van der Waals surface area contributed by atoms with Crippen molar-refractivity contribution in [3.05, 3.63) is 0 Å². The van der Waals surface area contributed by atoms with Crippen molar-refractivity contribution in [1.82, 2.24) is 15.1 Å². The van der Waals surface area contributed by atoms with Crippen molar-refractivity contribution in [3.63, 3.8) is 0 Å². The molecule has 0 spiro atoms. The van der Waals surface area contributed by atoms with Crippen molar-refractivity contribution in [2.45, 2.75) is 13.3 Å². The molecular weight excluding hydrogens is 246 g/mol. The van der Waals surface area contributed by atoms with E-state index in [1.807, 2.05) is 11.8 Å². The zero-order valence-electron chi connectivity index (χ0n) is 11.6. The number of nitrogens with one attached hydrogen (secondary N) is 1. The number of hydrogen-bond donors (Lipinski definition) is 1. The van der Waals surface area contributed by atoms with Gasteiger partial charge in [0.25, 0.3) is 0 Å². The predicted octanol–water partition coefficient (Wildman–Crippen LogP) is -0.697. The minimum atomic E-state index is 0.0182. The highest BCUT2D eigenvalue weighted by molar-refractivity contribution is 5.86. The van der Waals surface area contributed by atoms with Gasteiger partial charge in [-0.05, 0) is 13.3 Å². The van der Waals surface area contributed by atoms with Gasteiger partial charge in [0, 0.05) is 38.7 Å². The third-order valence-electron chi connectivity index (χ3n) is 3.71. The largest absolute Gasteiger partial charge is 0.381 e. The highest BCUT2D eigenvalue weighted by atomic mass is 16.5. The number of nitrogens with zero attached hydrogens (tertiary/aromatic N) is 2. The molecule has 19 heavy (non-hydrogen) atoms. The van der Waals surface area contributed by atoms with Crippen LogP contribution in [0.2, 0.25) is 0 Å². The fourth-order valence-corrected chi connectivity index (χ4v) is 2.56. The molecule has 6 heteroatoms. The van der Waals surface area contributed by atoms with E-state index in [-0.39, 0.29) is 18.4 Å². The minimum Gasteiger partial charge on any atom is -0.381 e. The predicted molar refractivity (Wildman–Crippen MR) is 70.6 cm³/mol. The molecule has 6 nitrogen and oxygen atoms in total. The van der Waals surface area contributed by atoms with E-state index < -0.39 is 0 Å². The van der Waals surface area contributed by atoms with E-state index >= 15 is 0 Å². The van der Waals surface area contributed by atoms with E-state index in [9.17, 15) is 9.59 Å². The number of amides is 2. The maximum Gasteiger partial charge on any atom is 0.242 e. The van der Waals surface area contributed by atoms with Gasteiger partial charge in [0.15, 0.2) is 0 Å². The first-order valence-electron chi connectivity index (χ1n) is 7.04. The molecule has 2 fully saturated rings. The van der Waals surface area contributed by atoms with Crippen molar-refractivity contribution in [2.75, 3.05) is 52.5 Å². The minimum absolute atomic E-state index is 0.0182. The molecule has 0 bridgehead atoms. The zero-order chi connectivity index (χ0) is 13.7. The molecule has 0 saturated carbocycles. The number of ether oxygens (including phenoxy) is 1. The monoisotopic (exact) mass is 269 g/mol. The molecule has 0 aromatic heterocycles. The average molecular weight is 269 g/mol. The van der Waals surface area contributed by atoms with Crippen molar-refractivity contribution in [3.8, 4) is 0 Å². The summed E-state index contributed by atoms with van der Waals surface area (Å²) in [5.41, 5.74) is 0. The zero-order valence-corrected chi connectivity index (χ0v) is 11.6. The summed E-state index contributed by atoms with van der Waals surface area (Å²) in [7, 11) is 0. The molecule has 2 heterocycles. The molecule has 2 saturated heterocycles. The summed E-state index contributed by atoms with van der Waals surface area (Å²) in [4.78, 5) is 27.3. The van der Waals surface area contributed by atoms with Crippen LogP contribution in [0.15, 0.2) is 0 Å². The van der Waals surface area contributed by atoms with Crippen LogP contribution in [0.4, 0.5) is 0 Å². The van der Waals surface area contributed by atoms with Crippen LogP contribution in [0.1, 0.15) is 13.3 Å². The average Bonchev–Trinajstić information content (AvgIpc) is 2.88. The van der Waals surface area contributed by atoms with Gasteiger partial charge in [0.1, 0.15) is 0 Å². The maximum absolute atomic E-state index is 12.1. The molecule has 1 atom stereocenters. The summed E-state index contributed by atoms with van der Waals surface area (Å²) in [6, 6.07) is 0. The van der Waals surface area contributed by atoms with Gasteiger partial charge in [-0.15, -0.1) is 0 Å². The number of carbonyl (C=O) groups is 2. The molecule has 2 aliphatic rings. The Hall–Kier alpha value is -1.14. The van der Waals surface area contributed by atoms with Gasteiger partial charge in [0.2, 0.25) is 11.8 Å². The van der Waals surface area contributed by atoms with Crippen LogP contribution >= 0.6 is 0 Å². The Kier molecular flexibility index (Phi) is 5.15. The first-order valence-corrected chi connectivity index (χ1v) is 7.04. The molecule has 0 aliphatic carbocycles. The summed E-state index contributed by atoms with van der Waals surface area (Å²) in [5, 5.41) is 3.00. The van der Waals surface area contributed by atoms with E-state index in [1.165, 1.54) is 0 Å². The van der Waals surface area contributed by atoms with Gasteiger partial charge in [-0.3, -0.25) is 9.59 Å². The topological polar surface area (TPSA) is 61.9 Å². The molecule has 0 radical (unpaired) electrons. The van der Waals surface area contributed by atoms with Gasteiger partial charge in [-0.25, -0.2) is 0 Å². The first kappa shape index (κ1) is 14.3. The summed E-state index contributed by atoms with van der Waals surface area (Å²) in [6.07, 6.45) is 1.00. The van der Waals surface area contributed by atoms with E-state index in [0.717, 1.165) is 39.3 Å². The van der Waals surface area contributed by atoms with Crippen LogP contribution in [0.3, 0.4) is 0 Å². The summed E-state index contributed by atoms with van der Waals surface area (Å²) >= 11 is 0. The van der Waals surface area contributed by atoms with Crippen molar-refractivity contribution >= 4 is 11.8 Å². The van der Waals surface area contributed by atoms with Gasteiger partial charge in [-0.1, -0.05) is 0 Å². The second-order valence-corrected chi connectivity index (χ2v) is 5.15. The molecular formula is C13H23N3O3. The van der Waals surface area contributed by atoms with Gasteiger partial charge in [0.05, 0.1) is 19.7 Å². The molecule has 0 aromatic rings. The quantitative estimate of drug-likeness (QED) is 0.717. The fourth-order valence-electron chi connectivity index (χ4n) is 2.56. The number of carbonyl (C=O) groups excluding carboxylic acids is 2. The lowest BCUT2D eigenvalue weighted by molar-refractivity contribution is -0.140. The Labute approximate surface area is 114 Å². The van der Waals surface area contributed by atoms with E-state index in [2.05, 4.69) is 5.32 Å². The highest BCUT2D eigenvalue weighted by Gasteiger charge is 2.28. The van der Waals surface area contributed by atoms with Crippen molar-refractivity contribution in [1.29, 1.82) is 0 Å². The second kappa shape index (κ2) is 6.86. The van der Waals surface area contributed by atoms with Crippen molar-refractivity contribution < 1.29 is 14.3 Å². The summed E-state index contributed by atoms with van der Waals surface area (Å²) in [5.74, 6) is 0.529. The van der Waals surface area contributed by atoms with Crippen molar-refractivity contribution in [2.24, 2.45) is 5.92 Å². The number of rotatable bonds is 5. The van der Waals surface area contributed by atoms with E-state index in [0.29, 0.717) is 19.0 Å². The Bertz CT molecular complexity index is 335. The fraction of sp³-hybridized carbons (Fsp3) is 0.846. The molecule has 2 aliphatic heterocycles. The normalized spacial score (nSPS) is 24.1. The first-order chi connectivity index (χ1) is 9.20. The van der Waals surface area contributed by atoms with E-state index in [4.69, 9.17) is 4.74 Å². The SMILES string of the molecule is CCOCC1CCN(C(=O)CN2CCNCC2=O)C1. The number of piperazine rings is 1. The van der Waals surface area contributed by atoms with Crippen LogP contribution in [0, 0.1) is 5.92 Å². The smallest absolute Gasteiger partial charge is 0.242 e. The third kappa shape index (κ3) is 3.91. The standard InChI is InChI=1S/C13H23N3O3/c1-2-19-10-11-3-5-15(8-11)13(18)9-16-6-4-14-7-12(16)17/h11,14H,2-10H2,1H3. The molecule has 2 amide bonds. The lowest BCUT2D eigenvalue weighted by atomic mass is 10.1. The van der Waals surface area contributed by atoms with Crippen LogP contribution in [0.25, 0.3) is 0 Å². The molecule has 108 valence electrons. The number of likely N-dealkylation sites (tertiary alicyclic amines) is 1. The summed E-state index contributed by atoms with van der Waals surface area (Å²) in [6.45, 7) is 6.95. The Morgan fingerprint density at radius 1 is 1.47 bits per heavy atom. The van der Waals surface area contributed by atoms with Gasteiger partial charge >= 0.3 is 0 Å². The molecule has 1 N–H and O–H groups in total. The van der Waals surface area contributed by atoms with Gasteiger partial charge in [-0.2, -0.15) is 0 Å². The molecule has 1 unspecified atom stereocenters.